The van der Waals surface area contributed by atoms with Crippen molar-refractivity contribution >= 4 is 23.2 Å². The largest absolute Gasteiger partial charge is 0.491 e. The third-order valence-corrected chi connectivity index (χ3v) is 1.74. The van der Waals surface area contributed by atoms with Crippen molar-refractivity contribution in [1.29, 1.82) is 0 Å². The molecule has 0 fully saturated rings. The van der Waals surface area contributed by atoms with Crippen molar-refractivity contribution in [3.05, 3.63) is 28.2 Å². The lowest BCUT2D eigenvalue weighted by Crippen LogP contribution is -2.09. The Bertz CT molecular complexity index is 261. The zero-order chi connectivity index (χ0) is 9.68. The van der Waals surface area contributed by atoms with Crippen LogP contribution in [0.1, 0.15) is 0 Å². The van der Waals surface area contributed by atoms with Crippen LogP contribution in [0.25, 0.3) is 0 Å². The average molecular weight is 222 g/mol. The van der Waals surface area contributed by atoms with Crippen LogP contribution in [-0.4, -0.2) is 13.2 Å². The first-order valence-electron chi connectivity index (χ1n) is 3.63. The highest BCUT2D eigenvalue weighted by atomic mass is 35.5. The molecule has 0 aliphatic heterocycles. The van der Waals surface area contributed by atoms with E-state index < -0.39 is 0 Å². The van der Waals surface area contributed by atoms with Crippen LogP contribution >= 0.6 is 23.2 Å². The number of ether oxygens (including phenoxy) is 1. The van der Waals surface area contributed by atoms with Crippen molar-refractivity contribution < 1.29 is 9.57 Å². The molecule has 0 saturated carbocycles. The summed E-state index contributed by atoms with van der Waals surface area (Å²) in [7, 11) is 0. The third-order valence-electron chi connectivity index (χ3n) is 1.31. The Morgan fingerprint density at radius 1 is 1.08 bits per heavy atom. The lowest BCUT2D eigenvalue weighted by Gasteiger charge is -2.05. The van der Waals surface area contributed by atoms with Gasteiger partial charge < -0.3 is 9.57 Å². The molecule has 2 N–H and O–H groups in total. The van der Waals surface area contributed by atoms with Crippen LogP contribution in [0.4, 0.5) is 0 Å². The van der Waals surface area contributed by atoms with E-state index >= 15 is 0 Å². The Morgan fingerprint density at radius 2 is 1.69 bits per heavy atom. The molecule has 0 aliphatic rings. The van der Waals surface area contributed by atoms with Gasteiger partial charge in [-0.05, 0) is 18.2 Å². The normalized spacial score (nSPS) is 10.1. The number of hydrogen-bond donors (Lipinski definition) is 1. The summed E-state index contributed by atoms with van der Waals surface area (Å²) >= 11 is 11.5. The molecule has 0 bridgehead atoms. The molecule has 0 heterocycles. The molecule has 3 nitrogen and oxygen atoms in total. The number of benzene rings is 1. The van der Waals surface area contributed by atoms with Crippen molar-refractivity contribution in [3.63, 3.8) is 0 Å². The maximum Gasteiger partial charge on any atom is 0.122 e. The molecule has 0 saturated heterocycles. The molecule has 13 heavy (non-hydrogen) atoms. The van der Waals surface area contributed by atoms with Crippen LogP contribution in [0.2, 0.25) is 10.0 Å². The molecular weight excluding hydrogens is 213 g/mol. The maximum atomic E-state index is 5.74. The molecule has 0 unspecified atom stereocenters. The van der Waals surface area contributed by atoms with E-state index in [1.165, 1.54) is 0 Å². The van der Waals surface area contributed by atoms with Gasteiger partial charge in [0.05, 0.1) is 0 Å². The van der Waals surface area contributed by atoms with E-state index in [9.17, 15) is 0 Å². The van der Waals surface area contributed by atoms with Gasteiger partial charge in [-0.2, -0.15) is 0 Å². The fourth-order valence-electron chi connectivity index (χ4n) is 0.819. The Morgan fingerprint density at radius 3 is 2.23 bits per heavy atom. The van der Waals surface area contributed by atoms with Gasteiger partial charge in [-0.15, -0.1) is 0 Å². The molecular formula is C8H9Cl2NO2. The maximum absolute atomic E-state index is 5.74. The molecule has 0 radical (unpaired) electrons. The van der Waals surface area contributed by atoms with Gasteiger partial charge in [0.1, 0.15) is 19.0 Å². The first-order valence-corrected chi connectivity index (χ1v) is 4.38. The minimum absolute atomic E-state index is 0.324. The number of nitrogens with two attached hydrogens (primary N) is 1. The number of halogens is 2. The molecule has 0 aromatic heterocycles. The van der Waals surface area contributed by atoms with Crippen LogP contribution in [0, 0.1) is 0 Å². The molecule has 72 valence electrons. The standard InChI is InChI=1S/C8H9Cl2NO2/c9-6-3-7(10)5-8(4-6)12-1-2-13-11/h3-5H,1-2,11H2. The second-order valence-electron chi connectivity index (χ2n) is 2.32. The highest BCUT2D eigenvalue weighted by Gasteiger charge is 1.98. The fraction of sp³-hybridized carbons (Fsp3) is 0.250. The first kappa shape index (κ1) is 10.6. The monoisotopic (exact) mass is 221 g/mol. The Hall–Kier alpha value is -0.480. The molecule has 1 aromatic rings. The lowest BCUT2D eigenvalue weighted by atomic mass is 10.3. The van der Waals surface area contributed by atoms with E-state index in [0.29, 0.717) is 29.0 Å². The van der Waals surface area contributed by atoms with Gasteiger partial charge >= 0.3 is 0 Å². The van der Waals surface area contributed by atoms with Crippen molar-refractivity contribution in [3.8, 4) is 5.75 Å². The zero-order valence-electron chi connectivity index (χ0n) is 6.80. The molecule has 0 atom stereocenters. The van der Waals surface area contributed by atoms with Crippen LogP contribution in [0.5, 0.6) is 5.75 Å². The van der Waals surface area contributed by atoms with Crippen molar-refractivity contribution in [1.82, 2.24) is 0 Å². The van der Waals surface area contributed by atoms with Crippen molar-refractivity contribution in [2.24, 2.45) is 5.90 Å². The smallest absolute Gasteiger partial charge is 0.122 e. The van der Waals surface area contributed by atoms with Gasteiger partial charge in [-0.3, -0.25) is 0 Å². The highest BCUT2D eigenvalue weighted by Crippen LogP contribution is 2.23. The van der Waals surface area contributed by atoms with Crippen LogP contribution in [0.3, 0.4) is 0 Å². The van der Waals surface area contributed by atoms with E-state index in [-0.39, 0.29) is 0 Å². The number of rotatable bonds is 4. The van der Waals surface area contributed by atoms with Crippen molar-refractivity contribution in [2.45, 2.75) is 0 Å². The Kier molecular flexibility index (Phi) is 4.32. The van der Waals surface area contributed by atoms with E-state index in [1.807, 2.05) is 0 Å². The number of hydrogen-bond acceptors (Lipinski definition) is 3. The minimum Gasteiger partial charge on any atom is -0.491 e. The summed E-state index contributed by atoms with van der Waals surface area (Å²) in [6.45, 7) is 0.692. The summed E-state index contributed by atoms with van der Waals surface area (Å²) in [5.41, 5.74) is 0. The molecule has 0 spiro atoms. The first-order chi connectivity index (χ1) is 6.22. The zero-order valence-corrected chi connectivity index (χ0v) is 8.31. The van der Waals surface area contributed by atoms with Gasteiger partial charge in [-0.25, -0.2) is 5.90 Å². The van der Waals surface area contributed by atoms with Gasteiger partial charge in [-0.1, -0.05) is 23.2 Å². The Labute approximate surface area is 86.3 Å². The van der Waals surface area contributed by atoms with E-state index in [2.05, 4.69) is 4.84 Å². The van der Waals surface area contributed by atoms with Gasteiger partial charge in [0, 0.05) is 10.0 Å². The Balaban J connectivity index is 2.56. The minimum atomic E-state index is 0.324. The van der Waals surface area contributed by atoms with Crippen LogP contribution in [0.15, 0.2) is 18.2 Å². The predicted octanol–water partition coefficient (Wildman–Crippen LogP) is 2.26. The quantitative estimate of drug-likeness (QED) is 0.627. The average Bonchev–Trinajstić information content (AvgIpc) is 2.03. The second kappa shape index (κ2) is 5.29. The highest BCUT2D eigenvalue weighted by molar-refractivity contribution is 6.34. The van der Waals surface area contributed by atoms with Crippen molar-refractivity contribution in [2.75, 3.05) is 13.2 Å². The summed E-state index contributed by atoms with van der Waals surface area (Å²) in [6, 6.07) is 4.98. The molecule has 0 amide bonds. The molecule has 1 rings (SSSR count). The third kappa shape index (κ3) is 3.83. The molecule has 0 aliphatic carbocycles. The van der Waals surface area contributed by atoms with E-state index in [0.717, 1.165) is 0 Å². The topological polar surface area (TPSA) is 44.5 Å². The molecule has 1 aromatic carbocycles. The fourth-order valence-corrected chi connectivity index (χ4v) is 1.33. The van der Waals surface area contributed by atoms with Gasteiger partial charge in [0.15, 0.2) is 0 Å². The second-order valence-corrected chi connectivity index (χ2v) is 3.20. The van der Waals surface area contributed by atoms with Crippen LogP contribution < -0.4 is 10.6 Å². The van der Waals surface area contributed by atoms with E-state index in [4.69, 9.17) is 33.8 Å². The summed E-state index contributed by atoms with van der Waals surface area (Å²) < 4.78 is 5.23. The van der Waals surface area contributed by atoms with Gasteiger partial charge in [0.2, 0.25) is 0 Å². The summed E-state index contributed by atoms with van der Waals surface area (Å²) in [4.78, 5) is 4.33. The predicted molar refractivity (Wildman–Crippen MR) is 52.1 cm³/mol. The van der Waals surface area contributed by atoms with Gasteiger partial charge in [0.25, 0.3) is 0 Å². The molecule has 5 heteroatoms. The van der Waals surface area contributed by atoms with Crippen LogP contribution in [-0.2, 0) is 4.84 Å². The lowest BCUT2D eigenvalue weighted by molar-refractivity contribution is 0.102. The summed E-state index contributed by atoms with van der Waals surface area (Å²) in [5.74, 6) is 5.43. The SMILES string of the molecule is NOCCOc1cc(Cl)cc(Cl)c1. The summed E-state index contributed by atoms with van der Waals surface area (Å²) in [6.07, 6.45) is 0. The van der Waals surface area contributed by atoms with E-state index in [1.54, 1.807) is 18.2 Å². The summed E-state index contributed by atoms with van der Waals surface area (Å²) in [5, 5.41) is 1.08.